The molecule has 0 fully saturated rings. The fourth-order valence-corrected chi connectivity index (χ4v) is 2.58. The average Bonchev–Trinajstić information content (AvgIpc) is 2.87. The van der Waals surface area contributed by atoms with Crippen LogP contribution in [-0.2, 0) is 29.6 Å². The standard InChI is InChI=1S/C18H26N4O/c1-18(2,3)22-17(20-16(21-22)13-15(19)23)12-8-7-11-14-9-5-4-6-10-14/h4-6,9-10H,7-8,11-13H2,1-3H3,(H2,19,23). The van der Waals surface area contributed by atoms with Crippen LogP contribution in [-0.4, -0.2) is 20.7 Å². The minimum absolute atomic E-state index is 0.0973. The van der Waals surface area contributed by atoms with Crippen LogP contribution in [0.3, 0.4) is 0 Å². The number of hydrogen-bond donors (Lipinski definition) is 1. The topological polar surface area (TPSA) is 73.8 Å². The lowest BCUT2D eigenvalue weighted by atomic mass is 10.1. The van der Waals surface area contributed by atoms with Crippen molar-refractivity contribution in [3.05, 3.63) is 47.5 Å². The predicted molar refractivity (Wildman–Crippen MR) is 91.0 cm³/mol. The normalized spacial score (nSPS) is 11.6. The van der Waals surface area contributed by atoms with E-state index < -0.39 is 5.91 Å². The van der Waals surface area contributed by atoms with Crippen molar-refractivity contribution in [1.29, 1.82) is 0 Å². The van der Waals surface area contributed by atoms with E-state index in [-0.39, 0.29) is 12.0 Å². The molecule has 1 heterocycles. The summed E-state index contributed by atoms with van der Waals surface area (Å²) in [6.07, 6.45) is 4.17. The summed E-state index contributed by atoms with van der Waals surface area (Å²) in [5.41, 5.74) is 6.46. The lowest BCUT2D eigenvalue weighted by molar-refractivity contribution is -0.117. The summed E-state index contributed by atoms with van der Waals surface area (Å²) in [4.78, 5) is 15.6. The van der Waals surface area contributed by atoms with Gasteiger partial charge in [-0.3, -0.25) is 4.79 Å². The number of hydrogen-bond acceptors (Lipinski definition) is 3. The second-order valence-electron chi connectivity index (χ2n) is 6.86. The quantitative estimate of drug-likeness (QED) is 0.798. The minimum Gasteiger partial charge on any atom is -0.369 e. The Bertz CT molecular complexity index is 641. The SMILES string of the molecule is CC(C)(C)n1nc(CC(N)=O)nc1CCCCc1ccccc1. The Morgan fingerprint density at radius 2 is 1.78 bits per heavy atom. The summed E-state index contributed by atoms with van der Waals surface area (Å²) in [7, 11) is 0. The smallest absolute Gasteiger partial charge is 0.225 e. The van der Waals surface area contributed by atoms with E-state index in [1.165, 1.54) is 5.56 Å². The van der Waals surface area contributed by atoms with Gasteiger partial charge in [0.2, 0.25) is 5.91 Å². The van der Waals surface area contributed by atoms with Gasteiger partial charge in [0.1, 0.15) is 5.82 Å². The highest BCUT2D eigenvalue weighted by atomic mass is 16.1. The number of amides is 1. The van der Waals surface area contributed by atoms with E-state index in [1.54, 1.807) is 0 Å². The van der Waals surface area contributed by atoms with Crippen molar-refractivity contribution in [3.63, 3.8) is 0 Å². The summed E-state index contributed by atoms with van der Waals surface area (Å²) in [5.74, 6) is 1.05. The van der Waals surface area contributed by atoms with E-state index in [2.05, 4.69) is 55.1 Å². The van der Waals surface area contributed by atoms with E-state index in [0.29, 0.717) is 5.82 Å². The Kier molecular flexibility index (Phi) is 5.53. The second-order valence-corrected chi connectivity index (χ2v) is 6.86. The van der Waals surface area contributed by atoms with Crippen LogP contribution in [0.2, 0.25) is 0 Å². The number of nitrogens with two attached hydrogens (primary N) is 1. The first-order valence-corrected chi connectivity index (χ1v) is 8.14. The van der Waals surface area contributed by atoms with Crippen LogP contribution in [0, 0.1) is 0 Å². The molecule has 124 valence electrons. The van der Waals surface area contributed by atoms with Gasteiger partial charge in [-0.2, -0.15) is 5.10 Å². The van der Waals surface area contributed by atoms with Gasteiger partial charge in [0, 0.05) is 6.42 Å². The molecule has 5 nitrogen and oxygen atoms in total. The fraction of sp³-hybridized carbons (Fsp3) is 0.500. The Morgan fingerprint density at radius 1 is 1.13 bits per heavy atom. The molecule has 0 spiro atoms. The van der Waals surface area contributed by atoms with Gasteiger partial charge in [-0.15, -0.1) is 0 Å². The molecular weight excluding hydrogens is 288 g/mol. The lowest BCUT2D eigenvalue weighted by Crippen LogP contribution is -2.26. The molecule has 5 heteroatoms. The summed E-state index contributed by atoms with van der Waals surface area (Å²) in [6, 6.07) is 10.5. The lowest BCUT2D eigenvalue weighted by Gasteiger charge is -2.21. The van der Waals surface area contributed by atoms with Crippen LogP contribution < -0.4 is 5.73 Å². The summed E-state index contributed by atoms with van der Waals surface area (Å²) >= 11 is 0. The van der Waals surface area contributed by atoms with Crippen molar-refractivity contribution < 1.29 is 4.79 Å². The van der Waals surface area contributed by atoms with Gasteiger partial charge >= 0.3 is 0 Å². The van der Waals surface area contributed by atoms with Crippen LogP contribution >= 0.6 is 0 Å². The number of benzene rings is 1. The van der Waals surface area contributed by atoms with E-state index in [0.717, 1.165) is 31.5 Å². The van der Waals surface area contributed by atoms with Crippen LogP contribution in [0.1, 0.15) is 50.8 Å². The molecular formula is C18H26N4O. The molecule has 0 saturated carbocycles. The first-order valence-electron chi connectivity index (χ1n) is 8.14. The van der Waals surface area contributed by atoms with Crippen molar-refractivity contribution in [2.24, 2.45) is 5.73 Å². The molecule has 0 radical (unpaired) electrons. The molecule has 0 aliphatic heterocycles. The van der Waals surface area contributed by atoms with Gasteiger partial charge in [0.25, 0.3) is 0 Å². The molecule has 0 bridgehead atoms. The molecule has 2 rings (SSSR count). The van der Waals surface area contributed by atoms with E-state index in [9.17, 15) is 4.79 Å². The Morgan fingerprint density at radius 3 is 2.39 bits per heavy atom. The van der Waals surface area contributed by atoms with Gasteiger partial charge < -0.3 is 5.73 Å². The highest BCUT2D eigenvalue weighted by Gasteiger charge is 2.21. The van der Waals surface area contributed by atoms with Gasteiger partial charge in [-0.1, -0.05) is 30.3 Å². The van der Waals surface area contributed by atoms with Crippen molar-refractivity contribution in [3.8, 4) is 0 Å². The number of rotatable bonds is 7. The molecule has 2 N–H and O–H groups in total. The summed E-state index contributed by atoms with van der Waals surface area (Å²) in [5, 5.41) is 4.46. The molecule has 23 heavy (non-hydrogen) atoms. The molecule has 0 atom stereocenters. The number of primary amides is 1. The highest BCUT2D eigenvalue weighted by molar-refractivity contribution is 5.75. The summed E-state index contributed by atoms with van der Waals surface area (Å²) in [6.45, 7) is 6.26. The van der Waals surface area contributed by atoms with Crippen LogP contribution in [0.25, 0.3) is 0 Å². The Labute approximate surface area is 137 Å². The molecule has 2 aromatic rings. The van der Waals surface area contributed by atoms with Crippen LogP contribution in [0.4, 0.5) is 0 Å². The first kappa shape index (κ1) is 17.2. The highest BCUT2D eigenvalue weighted by Crippen LogP contribution is 2.17. The molecule has 1 amide bonds. The van der Waals surface area contributed by atoms with Crippen molar-refractivity contribution in [2.75, 3.05) is 0 Å². The molecule has 1 aromatic heterocycles. The minimum atomic E-state index is -0.397. The number of nitrogens with zero attached hydrogens (tertiary/aromatic N) is 3. The monoisotopic (exact) mass is 314 g/mol. The van der Waals surface area contributed by atoms with Crippen LogP contribution in [0.15, 0.2) is 30.3 Å². The largest absolute Gasteiger partial charge is 0.369 e. The second kappa shape index (κ2) is 7.40. The van der Waals surface area contributed by atoms with Crippen molar-refractivity contribution in [1.82, 2.24) is 14.8 Å². The third kappa shape index (κ3) is 5.20. The van der Waals surface area contributed by atoms with Crippen LogP contribution in [0.5, 0.6) is 0 Å². The van der Waals surface area contributed by atoms with Crippen molar-refractivity contribution in [2.45, 2.75) is 58.4 Å². The zero-order chi connectivity index (χ0) is 16.9. The van der Waals surface area contributed by atoms with E-state index in [1.807, 2.05) is 10.7 Å². The molecule has 0 aliphatic carbocycles. The fourth-order valence-electron chi connectivity index (χ4n) is 2.58. The predicted octanol–water partition coefficient (Wildman–Crippen LogP) is 2.63. The number of carbonyl (C=O) groups excluding carboxylic acids is 1. The van der Waals surface area contributed by atoms with E-state index >= 15 is 0 Å². The van der Waals surface area contributed by atoms with Gasteiger partial charge in [0.15, 0.2) is 5.82 Å². The first-order chi connectivity index (χ1) is 10.9. The number of carbonyl (C=O) groups is 1. The number of aromatic nitrogens is 3. The third-order valence-electron chi connectivity index (χ3n) is 3.64. The third-order valence-corrected chi connectivity index (χ3v) is 3.64. The number of unbranched alkanes of at least 4 members (excludes halogenated alkanes) is 1. The molecule has 0 aliphatic rings. The molecule has 1 aromatic carbocycles. The molecule has 0 unspecified atom stereocenters. The maximum atomic E-state index is 11.1. The average molecular weight is 314 g/mol. The Hall–Kier alpha value is -2.17. The van der Waals surface area contributed by atoms with Gasteiger partial charge in [0.05, 0.1) is 12.0 Å². The van der Waals surface area contributed by atoms with Gasteiger partial charge in [-0.05, 0) is 45.6 Å². The maximum Gasteiger partial charge on any atom is 0.225 e. The zero-order valence-electron chi connectivity index (χ0n) is 14.2. The van der Waals surface area contributed by atoms with Gasteiger partial charge in [-0.25, -0.2) is 9.67 Å². The maximum absolute atomic E-state index is 11.1. The van der Waals surface area contributed by atoms with E-state index in [4.69, 9.17) is 5.73 Å². The Balaban J connectivity index is 1.97. The number of aryl methyl sites for hydroxylation is 2. The zero-order valence-corrected chi connectivity index (χ0v) is 14.2. The summed E-state index contributed by atoms with van der Waals surface area (Å²) < 4.78 is 1.92. The molecule has 0 saturated heterocycles. The van der Waals surface area contributed by atoms with Crippen molar-refractivity contribution >= 4 is 5.91 Å².